The van der Waals surface area contributed by atoms with Crippen molar-refractivity contribution in [2.75, 3.05) is 12.4 Å². The highest BCUT2D eigenvalue weighted by molar-refractivity contribution is 6.02. The molecule has 0 saturated carbocycles. The monoisotopic (exact) mass is 403 g/mol. The molecule has 0 bridgehead atoms. The molecule has 0 aliphatic heterocycles. The summed E-state index contributed by atoms with van der Waals surface area (Å²) < 4.78 is 11.0. The van der Waals surface area contributed by atoms with Crippen molar-refractivity contribution in [1.29, 1.82) is 0 Å². The molecule has 0 radical (unpaired) electrons. The molecule has 5 nitrogen and oxygen atoms in total. The zero-order chi connectivity index (χ0) is 21.3. The third-order valence-electron chi connectivity index (χ3n) is 4.61. The SMILES string of the molecule is CCc1c(NC(=O)C=Cc2ccc(OC)c(O)c2)cccc1OCc1ccccc1. The number of hydrogen-bond donors (Lipinski definition) is 2. The van der Waals surface area contributed by atoms with Crippen LogP contribution in [0.1, 0.15) is 23.6 Å². The van der Waals surface area contributed by atoms with E-state index in [2.05, 4.69) is 5.32 Å². The van der Waals surface area contributed by atoms with Gasteiger partial charge >= 0.3 is 0 Å². The maximum Gasteiger partial charge on any atom is 0.248 e. The molecule has 0 atom stereocenters. The van der Waals surface area contributed by atoms with Crippen molar-refractivity contribution in [3.8, 4) is 17.2 Å². The fraction of sp³-hybridized carbons (Fsp3) is 0.160. The van der Waals surface area contributed by atoms with E-state index in [1.807, 2.05) is 55.5 Å². The summed E-state index contributed by atoms with van der Waals surface area (Å²) in [6.07, 6.45) is 3.78. The van der Waals surface area contributed by atoms with Gasteiger partial charge in [0.2, 0.25) is 5.91 Å². The molecule has 0 fully saturated rings. The molecule has 0 unspecified atom stereocenters. The van der Waals surface area contributed by atoms with E-state index in [0.29, 0.717) is 17.9 Å². The van der Waals surface area contributed by atoms with Crippen LogP contribution in [0, 0.1) is 0 Å². The molecule has 0 aromatic heterocycles. The summed E-state index contributed by atoms with van der Waals surface area (Å²) in [5.41, 5.74) is 3.44. The zero-order valence-corrected chi connectivity index (χ0v) is 17.1. The van der Waals surface area contributed by atoms with Crippen molar-refractivity contribution < 1.29 is 19.4 Å². The summed E-state index contributed by atoms with van der Waals surface area (Å²) in [4.78, 5) is 12.4. The standard InChI is InChI=1S/C25H25NO4/c1-3-20-21(10-7-11-23(20)30-17-19-8-5-4-6-9-19)26-25(28)15-13-18-12-14-24(29-2)22(27)16-18/h4-16,27H,3,17H2,1-2H3,(H,26,28). The summed E-state index contributed by atoms with van der Waals surface area (Å²) in [6, 6.07) is 20.5. The number of hydrogen-bond acceptors (Lipinski definition) is 4. The summed E-state index contributed by atoms with van der Waals surface area (Å²) in [5, 5.41) is 12.8. The fourth-order valence-corrected chi connectivity index (χ4v) is 3.07. The third-order valence-corrected chi connectivity index (χ3v) is 4.61. The molecule has 1 amide bonds. The molecule has 0 spiro atoms. The van der Waals surface area contributed by atoms with Crippen LogP contribution in [0.2, 0.25) is 0 Å². The van der Waals surface area contributed by atoms with Crippen LogP contribution in [-0.4, -0.2) is 18.1 Å². The lowest BCUT2D eigenvalue weighted by molar-refractivity contribution is -0.111. The van der Waals surface area contributed by atoms with Crippen molar-refractivity contribution in [3.63, 3.8) is 0 Å². The number of methoxy groups -OCH3 is 1. The normalized spacial score (nSPS) is 10.7. The first kappa shape index (κ1) is 21.0. The number of amides is 1. The molecule has 2 N–H and O–H groups in total. The minimum atomic E-state index is -0.264. The van der Waals surface area contributed by atoms with E-state index in [9.17, 15) is 9.90 Å². The first-order chi connectivity index (χ1) is 14.6. The highest BCUT2D eigenvalue weighted by atomic mass is 16.5. The maximum atomic E-state index is 12.4. The second-order valence-corrected chi connectivity index (χ2v) is 6.66. The average molecular weight is 403 g/mol. The molecule has 30 heavy (non-hydrogen) atoms. The van der Waals surface area contributed by atoms with Crippen molar-refractivity contribution in [2.45, 2.75) is 20.0 Å². The van der Waals surface area contributed by atoms with Crippen LogP contribution >= 0.6 is 0 Å². The molecule has 3 aromatic carbocycles. The molecular formula is C25H25NO4. The first-order valence-corrected chi connectivity index (χ1v) is 9.75. The number of anilines is 1. The van der Waals surface area contributed by atoms with Gasteiger partial charge in [-0.1, -0.05) is 49.4 Å². The third kappa shape index (κ3) is 5.41. The van der Waals surface area contributed by atoms with Crippen LogP contribution in [0.4, 0.5) is 5.69 Å². The maximum absolute atomic E-state index is 12.4. The van der Waals surface area contributed by atoms with Gasteiger partial charge in [-0.2, -0.15) is 0 Å². The Kier molecular flexibility index (Phi) is 7.11. The summed E-state index contributed by atoms with van der Waals surface area (Å²) >= 11 is 0. The number of ether oxygens (including phenoxy) is 2. The molecule has 0 saturated heterocycles. The molecule has 0 heterocycles. The van der Waals surface area contributed by atoms with Crippen LogP contribution in [-0.2, 0) is 17.8 Å². The Morgan fingerprint density at radius 3 is 2.53 bits per heavy atom. The largest absolute Gasteiger partial charge is 0.504 e. The van der Waals surface area contributed by atoms with Crippen molar-refractivity contribution in [1.82, 2.24) is 0 Å². The topological polar surface area (TPSA) is 67.8 Å². The second kappa shape index (κ2) is 10.2. The molecule has 0 aliphatic carbocycles. The number of nitrogens with one attached hydrogen (secondary N) is 1. The minimum Gasteiger partial charge on any atom is -0.504 e. The van der Waals surface area contributed by atoms with Crippen LogP contribution in [0.25, 0.3) is 6.08 Å². The number of phenols is 1. The van der Waals surface area contributed by atoms with E-state index < -0.39 is 0 Å². The number of benzene rings is 3. The Bertz CT molecular complexity index is 1030. The lowest BCUT2D eigenvalue weighted by atomic mass is 10.1. The molecular weight excluding hydrogens is 378 g/mol. The van der Waals surface area contributed by atoms with Crippen molar-refractivity contribution in [2.24, 2.45) is 0 Å². The Balaban J connectivity index is 1.69. The van der Waals surface area contributed by atoms with E-state index in [-0.39, 0.29) is 11.7 Å². The van der Waals surface area contributed by atoms with E-state index in [1.54, 1.807) is 18.2 Å². The Morgan fingerprint density at radius 1 is 1.03 bits per heavy atom. The lowest BCUT2D eigenvalue weighted by Gasteiger charge is -2.15. The summed E-state index contributed by atoms with van der Waals surface area (Å²) in [5.74, 6) is 0.900. The van der Waals surface area contributed by atoms with Gasteiger partial charge < -0.3 is 19.9 Å². The fourth-order valence-electron chi connectivity index (χ4n) is 3.07. The zero-order valence-electron chi connectivity index (χ0n) is 17.1. The molecule has 154 valence electrons. The quantitative estimate of drug-likeness (QED) is 0.508. The van der Waals surface area contributed by atoms with Gasteiger partial charge in [0.15, 0.2) is 11.5 Å². The van der Waals surface area contributed by atoms with E-state index in [0.717, 1.165) is 29.0 Å². The van der Waals surface area contributed by atoms with Crippen LogP contribution < -0.4 is 14.8 Å². The Labute approximate surface area is 176 Å². The van der Waals surface area contributed by atoms with Crippen molar-refractivity contribution >= 4 is 17.7 Å². The van der Waals surface area contributed by atoms with E-state index in [4.69, 9.17) is 9.47 Å². The van der Waals surface area contributed by atoms with Crippen LogP contribution in [0.5, 0.6) is 17.2 Å². The number of carbonyl (C=O) groups is 1. The number of phenolic OH excluding ortho intramolecular Hbond substituents is 1. The van der Waals surface area contributed by atoms with Gasteiger partial charge in [-0.15, -0.1) is 0 Å². The predicted octanol–water partition coefficient (Wildman–Crippen LogP) is 5.19. The number of carbonyl (C=O) groups excluding carboxylic acids is 1. The van der Waals surface area contributed by atoms with Gasteiger partial charge in [-0.3, -0.25) is 4.79 Å². The van der Waals surface area contributed by atoms with Gasteiger partial charge in [0, 0.05) is 17.3 Å². The average Bonchev–Trinajstić information content (AvgIpc) is 2.77. The lowest BCUT2D eigenvalue weighted by Crippen LogP contribution is -2.10. The Hall–Kier alpha value is -3.73. The number of rotatable bonds is 8. The van der Waals surface area contributed by atoms with Gasteiger partial charge in [0.05, 0.1) is 7.11 Å². The number of aromatic hydroxyl groups is 1. The van der Waals surface area contributed by atoms with E-state index >= 15 is 0 Å². The van der Waals surface area contributed by atoms with Gasteiger partial charge in [-0.05, 0) is 47.9 Å². The van der Waals surface area contributed by atoms with E-state index in [1.165, 1.54) is 19.3 Å². The van der Waals surface area contributed by atoms with Gasteiger partial charge in [0.1, 0.15) is 12.4 Å². The second-order valence-electron chi connectivity index (χ2n) is 6.66. The van der Waals surface area contributed by atoms with Crippen LogP contribution in [0.3, 0.4) is 0 Å². The first-order valence-electron chi connectivity index (χ1n) is 9.75. The van der Waals surface area contributed by atoms with Gasteiger partial charge in [0.25, 0.3) is 0 Å². The molecule has 3 aromatic rings. The smallest absolute Gasteiger partial charge is 0.248 e. The van der Waals surface area contributed by atoms with Gasteiger partial charge in [-0.25, -0.2) is 0 Å². The van der Waals surface area contributed by atoms with Crippen LogP contribution in [0.15, 0.2) is 72.8 Å². The predicted molar refractivity (Wildman–Crippen MR) is 119 cm³/mol. The highest BCUT2D eigenvalue weighted by Gasteiger charge is 2.10. The molecule has 0 aliphatic rings. The minimum absolute atomic E-state index is 0.0246. The van der Waals surface area contributed by atoms with Crippen molar-refractivity contribution in [3.05, 3.63) is 89.5 Å². The Morgan fingerprint density at radius 2 is 1.83 bits per heavy atom. The summed E-state index contributed by atoms with van der Waals surface area (Å²) in [7, 11) is 1.49. The molecule has 3 rings (SSSR count). The summed E-state index contributed by atoms with van der Waals surface area (Å²) in [6.45, 7) is 2.49. The molecule has 5 heteroatoms. The highest BCUT2D eigenvalue weighted by Crippen LogP contribution is 2.29.